The first kappa shape index (κ1) is 42.0. The average molecular weight is 904 g/mol. The number of esters is 3. The van der Waals surface area contributed by atoms with Gasteiger partial charge in [-0.25, -0.2) is 4.79 Å². The van der Waals surface area contributed by atoms with Gasteiger partial charge in [-0.2, -0.15) is 0 Å². The number of amides is 1. The van der Waals surface area contributed by atoms with Crippen molar-refractivity contribution < 1.29 is 48.3 Å². The number of halogens is 1. The molecule has 14 nitrogen and oxygen atoms in total. The number of aliphatic hydroxyl groups is 2. The summed E-state index contributed by atoms with van der Waals surface area (Å²) in [5.41, 5.74) is -3.29. The van der Waals surface area contributed by atoms with E-state index in [1.54, 1.807) is 6.07 Å². The predicted octanol–water partition coefficient (Wildman–Crippen LogP) is 4.28. The van der Waals surface area contributed by atoms with Gasteiger partial charge >= 0.3 is 17.9 Å². The maximum Gasteiger partial charge on any atom is 0.344 e. The highest BCUT2D eigenvalue weighted by atomic mass is 79.9. The summed E-state index contributed by atoms with van der Waals surface area (Å²) in [5, 5.41) is 26.3. The molecule has 2 bridgehead atoms. The van der Waals surface area contributed by atoms with E-state index in [1.165, 1.54) is 33.2 Å². The number of hydrogen-bond donors (Lipinski definition) is 3. The highest BCUT2D eigenvalue weighted by molar-refractivity contribution is 9.10. The second-order valence-corrected chi connectivity index (χ2v) is 19.2. The fourth-order valence-corrected chi connectivity index (χ4v) is 13.7. The minimum atomic E-state index is -2.54. The summed E-state index contributed by atoms with van der Waals surface area (Å²) >= 11 is 3.69. The number of fused-ring (bicyclic) bond motifs is 6. The van der Waals surface area contributed by atoms with Crippen LogP contribution in [-0.4, -0.2) is 133 Å². The number of aromatic nitrogens is 1. The molecular formula is C46H55BrN4O10. The number of nitrogens with one attached hydrogen (secondary N) is 1. The minimum Gasteiger partial charge on any atom is -0.496 e. The van der Waals surface area contributed by atoms with E-state index in [1.807, 2.05) is 44.2 Å². The molecule has 61 heavy (non-hydrogen) atoms. The van der Waals surface area contributed by atoms with Crippen molar-refractivity contribution in [3.05, 3.63) is 69.3 Å². The summed E-state index contributed by atoms with van der Waals surface area (Å²) in [4.78, 5) is 66.2. The number of carbonyl (C=O) groups excluding carboxylic acids is 4. The van der Waals surface area contributed by atoms with E-state index >= 15 is 4.79 Å². The molecule has 0 radical (unpaired) electrons. The van der Waals surface area contributed by atoms with Gasteiger partial charge in [0.25, 0.3) is 0 Å². The number of methoxy groups -OCH3 is 3. The zero-order valence-corrected chi connectivity index (χ0v) is 37.2. The van der Waals surface area contributed by atoms with Gasteiger partial charge in [0.05, 0.1) is 38.7 Å². The summed E-state index contributed by atoms with van der Waals surface area (Å²) in [5.74, 6) is -2.10. The highest BCUT2D eigenvalue weighted by Crippen LogP contribution is 2.68. The summed E-state index contributed by atoms with van der Waals surface area (Å²) in [6, 6.07) is 7.96. The Kier molecular flexibility index (Phi) is 10.1. The van der Waals surface area contributed by atoms with Crippen LogP contribution in [0.4, 0.5) is 5.69 Å². The van der Waals surface area contributed by atoms with Crippen molar-refractivity contribution in [2.45, 2.75) is 99.5 Å². The Balaban J connectivity index is 1.38. The highest BCUT2D eigenvalue weighted by Gasteiger charge is 2.81. The monoisotopic (exact) mass is 902 g/mol. The van der Waals surface area contributed by atoms with E-state index < -0.39 is 63.5 Å². The SMILES string of the molecule is CC[C@]1(O)C[C@H]2CN(CCc3c([nH]c4ccc(Br)cc34)[C@@](C(=O)OC)(c3cc4c(cc3OC)N(C=O)[C@H]3[C@@](O)(C(=O)OC)[C@H](OC(C)=O)[C@]5(CC)C=CCN6CC[C@]43[C@@H]65)C2)C1. The Labute approximate surface area is 363 Å². The Morgan fingerprint density at radius 1 is 0.984 bits per heavy atom. The number of piperidine rings is 1. The number of aromatic amines is 1. The predicted molar refractivity (Wildman–Crippen MR) is 228 cm³/mol. The molecule has 10 atom stereocenters. The Hall–Kier alpha value is -4.28. The lowest BCUT2D eigenvalue weighted by molar-refractivity contribution is -0.228. The van der Waals surface area contributed by atoms with Crippen LogP contribution in [-0.2, 0) is 50.6 Å². The third-order valence-electron chi connectivity index (χ3n) is 15.6. The van der Waals surface area contributed by atoms with E-state index in [2.05, 4.69) is 36.8 Å². The van der Waals surface area contributed by atoms with Gasteiger partial charge in [0, 0.05) is 82.7 Å². The maximum atomic E-state index is 15.4. The van der Waals surface area contributed by atoms with Gasteiger partial charge in [-0.05, 0) is 86.4 Å². The molecule has 6 aliphatic rings. The molecule has 1 aromatic heterocycles. The molecule has 15 heteroatoms. The van der Waals surface area contributed by atoms with Crippen LogP contribution in [0.1, 0.15) is 75.3 Å². The molecule has 5 aliphatic heterocycles. The zero-order chi connectivity index (χ0) is 43.4. The van der Waals surface area contributed by atoms with Crippen molar-refractivity contribution in [2.75, 3.05) is 59.0 Å². The summed E-state index contributed by atoms with van der Waals surface area (Å²) in [6.45, 7) is 8.11. The molecule has 3 N–H and O–H groups in total. The van der Waals surface area contributed by atoms with Crippen LogP contribution >= 0.6 is 15.9 Å². The molecule has 9 rings (SSSR count). The van der Waals surface area contributed by atoms with Gasteiger partial charge in [0.2, 0.25) is 12.0 Å². The van der Waals surface area contributed by atoms with Crippen molar-refractivity contribution >= 4 is 56.8 Å². The van der Waals surface area contributed by atoms with Crippen LogP contribution < -0.4 is 9.64 Å². The number of rotatable bonds is 8. The van der Waals surface area contributed by atoms with Crippen LogP contribution in [0.5, 0.6) is 5.75 Å². The Morgan fingerprint density at radius 3 is 2.43 bits per heavy atom. The number of anilines is 1. The molecule has 1 saturated carbocycles. The van der Waals surface area contributed by atoms with Crippen molar-refractivity contribution in [3.63, 3.8) is 0 Å². The number of carbonyl (C=O) groups is 4. The fraction of sp³-hybridized carbons (Fsp3) is 0.565. The van der Waals surface area contributed by atoms with E-state index in [-0.39, 0.29) is 12.3 Å². The summed E-state index contributed by atoms with van der Waals surface area (Å²) in [6.07, 6.45) is 5.76. The molecular weight excluding hydrogens is 848 g/mol. The molecule has 1 aliphatic carbocycles. The quantitative estimate of drug-likeness (QED) is 0.127. The molecule has 3 fully saturated rings. The van der Waals surface area contributed by atoms with Gasteiger partial charge < -0.3 is 39.0 Å². The third-order valence-corrected chi connectivity index (χ3v) is 16.0. The largest absolute Gasteiger partial charge is 0.496 e. The molecule has 3 aromatic rings. The van der Waals surface area contributed by atoms with Crippen molar-refractivity contribution in [1.29, 1.82) is 0 Å². The smallest absolute Gasteiger partial charge is 0.344 e. The van der Waals surface area contributed by atoms with Crippen LogP contribution in [0.2, 0.25) is 0 Å². The molecule has 1 spiro atoms. The molecule has 2 aromatic carbocycles. The van der Waals surface area contributed by atoms with Gasteiger partial charge in [0.1, 0.15) is 11.2 Å². The molecule has 6 heterocycles. The molecule has 326 valence electrons. The summed E-state index contributed by atoms with van der Waals surface area (Å²) in [7, 11) is 4.08. The number of hydrogen-bond acceptors (Lipinski definition) is 12. The maximum absolute atomic E-state index is 15.4. The third kappa shape index (κ3) is 5.58. The molecule has 1 unspecified atom stereocenters. The zero-order valence-electron chi connectivity index (χ0n) is 35.6. The van der Waals surface area contributed by atoms with Crippen LogP contribution in [0.15, 0.2) is 47.0 Å². The number of nitrogens with zero attached hydrogens (tertiary/aromatic N) is 3. The Morgan fingerprint density at radius 2 is 1.75 bits per heavy atom. The van der Waals surface area contributed by atoms with Crippen molar-refractivity contribution in [3.8, 4) is 5.75 Å². The molecule has 2 saturated heterocycles. The second-order valence-electron chi connectivity index (χ2n) is 18.3. The number of H-pyrrole nitrogens is 1. The minimum absolute atomic E-state index is 0.168. The van der Waals surface area contributed by atoms with E-state index in [4.69, 9.17) is 18.9 Å². The summed E-state index contributed by atoms with van der Waals surface area (Å²) < 4.78 is 24.6. The van der Waals surface area contributed by atoms with E-state index in [9.17, 15) is 24.6 Å². The lowest BCUT2D eigenvalue weighted by atomic mass is 9.47. The standard InChI is InChI=1S/C46H55BrN4O10/c1-7-42(56)21-27-22-45(40(54)59-5,36-29(12-16-49(23-27)24-42)30-18-28(47)10-11-33(30)48-36)32-19-31-34(20-35(32)58-4)51(25-52)38-44(31)14-17-50-15-9-13-43(8-2,37(44)50)39(61-26(3)53)46(38,57)41(55)60-6/h9-11,13,18-20,25,27,37-39,48,56-57H,7-8,12,14-17,21-24H2,1-6H3/t27-,37+,38-,39-,42+,43-,44-,45+,46+/m1/s1. The lowest BCUT2D eigenvalue weighted by Crippen LogP contribution is -2.81. The van der Waals surface area contributed by atoms with Crippen molar-refractivity contribution in [1.82, 2.24) is 14.8 Å². The molecule has 1 amide bonds. The normalized spacial score (nSPS) is 36.1. The first-order valence-corrected chi connectivity index (χ1v) is 22.2. The van der Waals surface area contributed by atoms with E-state index in [0.717, 1.165) is 20.9 Å². The first-order chi connectivity index (χ1) is 29.2. The van der Waals surface area contributed by atoms with E-state index in [0.29, 0.717) is 99.5 Å². The lowest BCUT2D eigenvalue weighted by Gasteiger charge is -2.63. The topological polar surface area (TPSA) is 171 Å². The number of ether oxygens (including phenoxy) is 4. The first-order valence-electron chi connectivity index (χ1n) is 21.4. The second kappa shape index (κ2) is 14.6. The fourth-order valence-electron chi connectivity index (χ4n) is 13.4. The Bertz CT molecular complexity index is 2370. The average Bonchev–Trinajstić information content (AvgIpc) is 3.92. The van der Waals surface area contributed by atoms with Gasteiger partial charge in [-0.1, -0.05) is 41.9 Å². The van der Waals surface area contributed by atoms with Crippen LogP contribution in [0, 0.1) is 11.3 Å². The number of benzene rings is 2. The van der Waals surface area contributed by atoms with Crippen LogP contribution in [0.3, 0.4) is 0 Å². The van der Waals surface area contributed by atoms with Gasteiger partial charge in [-0.3, -0.25) is 24.2 Å². The van der Waals surface area contributed by atoms with Crippen molar-refractivity contribution in [2.24, 2.45) is 11.3 Å². The van der Waals surface area contributed by atoms with Gasteiger partial charge in [-0.15, -0.1) is 0 Å². The van der Waals surface area contributed by atoms with Crippen LogP contribution in [0.25, 0.3) is 10.9 Å². The van der Waals surface area contributed by atoms with Gasteiger partial charge in [0.15, 0.2) is 6.10 Å².